The van der Waals surface area contributed by atoms with Gasteiger partial charge < -0.3 is 16.0 Å². The van der Waals surface area contributed by atoms with Gasteiger partial charge in [-0.3, -0.25) is 4.79 Å². The molecular formula is C13H29N3O. The number of carbonyl (C=O) groups excluding carboxylic acids is 1. The lowest BCUT2D eigenvalue weighted by atomic mass is 10.0. The highest BCUT2D eigenvalue weighted by molar-refractivity contribution is 5.76. The van der Waals surface area contributed by atoms with Crippen LogP contribution in [0.2, 0.25) is 0 Å². The number of carbonyl (C=O) groups is 1. The fourth-order valence-electron chi connectivity index (χ4n) is 1.68. The quantitative estimate of drug-likeness (QED) is 0.640. The molecule has 0 heterocycles. The maximum atomic E-state index is 11.7. The van der Waals surface area contributed by atoms with Crippen molar-refractivity contribution >= 4 is 5.91 Å². The average Bonchev–Trinajstić information content (AvgIpc) is 2.24. The van der Waals surface area contributed by atoms with Crippen LogP contribution in [0.4, 0.5) is 0 Å². The fraction of sp³-hybridized carbons (Fsp3) is 0.923. The van der Waals surface area contributed by atoms with Crippen LogP contribution in [0.5, 0.6) is 0 Å². The smallest absolute Gasteiger partial charge is 0.220 e. The largest absolute Gasteiger partial charge is 0.354 e. The Morgan fingerprint density at radius 1 is 1.24 bits per heavy atom. The molecule has 0 rings (SSSR count). The maximum Gasteiger partial charge on any atom is 0.220 e. The van der Waals surface area contributed by atoms with Crippen molar-refractivity contribution in [3.63, 3.8) is 0 Å². The first-order valence-electron chi connectivity index (χ1n) is 6.59. The Morgan fingerprint density at radius 2 is 1.88 bits per heavy atom. The van der Waals surface area contributed by atoms with E-state index in [9.17, 15) is 4.79 Å². The number of hydrogen-bond donors (Lipinski definition) is 2. The molecule has 0 aromatic rings. The lowest BCUT2D eigenvalue weighted by Crippen LogP contribution is -2.34. The highest BCUT2D eigenvalue weighted by Crippen LogP contribution is 2.09. The molecule has 3 N–H and O–H groups in total. The highest BCUT2D eigenvalue weighted by atomic mass is 16.1. The molecule has 0 radical (unpaired) electrons. The minimum atomic E-state index is 0.167. The molecule has 0 fully saturated rings. The van der Waals surface area contributed by atoms with E-state index in [0.29, 0.717) is 18.9 Å². The van der Waals surface area contributed by atoms with Crippen molar-refractivity contribution in [3.8, 4) is 0 Å². The van der Waals surface area contributed by atoms with Crippen LogP contribution in [0.25, 0.3) is 0 Å². The molecule has 0 spiro atoms. The van der Waals surface area contributed by atoms with Crippen LogP contribution in [0.3, 0.4) is 0 Å². The van der Waals surface area contributed by atoms with Crippen LogP contribution in [0.1, 0.15) is 39.5 Å². The van der Waals surface area contributed by atoms with Crippen molar-refractivity contribution in [3.05, 3.63) is 0 Å². The standard InChI is InChI=1S/C13H29N3O/c1-11(7-9-14)5-6-13(17)15-12(2)8-10-16(3)4/h11-12H,5-10,14H2,1-4H3,(H,15,17). The van der Waals surface area contributed by atoms with Crippen LogP contribution in [0, 0.1) is 5.92 Å². The molecule has 0 saturated heterocycles. The summed E-state index contributed by atoms with van der Waals surface area (Å²) < 4.78 is 0. The summed E-state index contributed by atoms with van der Waals surface area (Å²) in [7, 11) is 4.09. The van der Waals surface area contributed by atoms with Crippen LogP contribution < -0.4 is 11.1 Å². The van der Waals surface area contributed by atoms with Gasteiger partial charge in [-0.1, -0.05) is 6.92 Å². The molecule has 2 unspecified atom stereocenters. The molecule has 0 bridgehead atoms. The van der Waals surface area contributed by atoms with Gasteiger partial charge in [-0.05, 0) is 59.3 Å². The maximum absolute atomic E-state index is 11.7. The van der Waals surface area contributed by atoms with Crippen molar-refractivity contribution in [1.29, 1.82) is 0 Å². The van der Waals surface area contributed by atoms with Gasteiger partial charge in [0.2, 0.25) is 5.91 Å². The summed E-state index contributed by atoms with van der Waals surface area (Å²) in [5, 5.41) is 3.04. The number of rotatable bonds is 9. The van der Waals surface area contributed by atoms with Crippen molar-refractivity contribution < 1.29 is 4.79 Å². The third kappa shape index (κ3) is 10.3. The predicted octanol–water partition coefficient (Wildman–Crippen LogP) is 1.21. The SMILES string of the molecule is CC(CCN)CCC(=O)NC(C)CCN(C)C. The Morgan fingerprint density at radius 3 is 2.41 bits per heavy atom. The fourth-order valence-corrected chi connectivity index (χ4v) is 1.68. The first-order valence-corrected chi connectivity index (χ1v) is 6.59. The monoisotopic (exact) mass is 243 g/mol. The Kier molecular flexibility index (Phi) is 9.09. The van der Waals surface area contributed by atoms with E-state index in [2.05, 4.69) is 24.1 Å². The van der Waals surface area contributed by atoms with Gasteiger partial charge in [-0.15, -0.1) is 0 Å². The third-order valence-corrected chi connectivity index (χ3v) is 2.94. The summed E-state index contributed by atoms with van der Waals surface area (Å²) in [5.41, 5.74) is 5.48. The molecule has 2 atom stereocenters. The van der Waals surface area contributed by atoms with Gasteiger partial charge >= 0.3 is 0 Å². The second-order valence-corrected chi connectivity index (χ2v) is 5.28. The second-order valence-electron chi connectivity index (χ2n) is 5.28. The minimum Gasteiger partial charge on any atom is -0.354 e. The minimum absolute atomic E-state index is 0.167. The molecule has 0 aromatic heterocycles. The molecule has 17 heavy (non-hydrogen) atoms. The van der Waals surface area contributed by atoms with Crippen LogP contribution in [-0.4, -0.2) is 44.0 Å². The first kappa shape index (κ1) is 16.4. The summed E-state index contributed by atoms with van der Waals surface area (Å²) in [5.74, 6) is 0.711. The Labute approximate surface area is 106 Å². The van der Waals surface area contributed by atoms with E-state index < -0.39 is 0 Å². The molecule has 0 saturated carbocycles. The van der Waals surface area contributed by atoms with Crippen LogP contribution >= 0.6 is 0 Å². The average molecular weight is 243 g/mol. The van der Waals surface area contributed by atoms with E-state index in [0.717, 1.165) is 25.8 Å². The van der Waals surface area contributed by atoms with Crippen LogP contribution in [-0.2, 0) is 4.79 Å². The highest BCUT2D eigenvalue weighted by Gasteiger charge is 2.09. The van der Waals surface area contributed by atoms with Gasteiger partial charge in [-0.25, -0.2) is 0 Å². The van der Waals surface area contributed by atoms with E-state index >= 15 is 0 Å². The number of nitrogens with one attached hydrogen (secondary N) is 1. The number of nitrogens with zero attached hydrogens (tertiary/aromatic N) is 1. The molecule has 4 nitrogen and oxygen atoms in total. The lowest BCUT2D eigenvalue weighted by Gasteiger charge is -2.17. The normalized spacial score (nSPS) is 14.7. The Balaban J connectivity index is 3.63. The summed E-state index contributed by atoms with van der Waals surface area (Å²) in [6.45, 7) is 5.92. The van der Waals surface area contributed by atoms with Crippen molar-refractivity contribution in [2.75, 3.05) is 27.2 Å². The predicted molar refractivity (Wildman–Crippen MR) is 72.8 cm³/mol. The Hall–Kier alpha value is -0.610. The van der Waals surface area contributed by atoms with E-state index in [1.807, 2.05) is 14.1 Å². The van der Waals surface area contributed by atoms with E-state index in [1.54, 1.807) is 0 Å². The zero-order valence-corrected chi connectivity index (χ0v) is 11.8. The van der Waals surface area contributed by atoms with Crippen molar-refractivity contribution in [2.45, 2.75) is 45.6 Å². The summed E-state index contributed by atoms with van der Waals surface area (Å²) in [6, 6.07) is 0.259. The second kappa shape index (κ2) is 9.42. The van der Waals surface area contributed by atoms with E-state index in [4.69, 9.17) is 5.73 Å². The van der Waals surface area contributed by atoms with Crippen LogP contribution in [0.15, 0.2) is 0 Å². The van der Waals surface area contributed by atoms with Gasteiger partial charge in [0.25, 0.3) is 0 Å². The Bertz CT molecular complexity index is 207. The molecule has 0 aromatic carbocycles. The topological polar surface area (TPSA) is 58.4 Å². The summed E-state index contributed by atoms with van der Waals surface area (Å²) >= 11 is 0. The molecular weight excluding hydrogens is 214 g/mol. The lowest BCUT2D eigenvalue weighted by molar-refractivity contribution is -0.122. The number of nitrogens with two attached hydrogens (primary N) is 1. The molecule has 0 aliphatic carbocycles. The first-order chi connectivity index (χ1) is 7.95. The summed E-state index contributed by atoms with van der Waals surface area (Å²) in [6.07, 6.45) is 3.55. The molecule has 0 aliphatic heterocycles. The number of amides is 1. The van der Waals surface area contributed by atoms with Gasteiger partial charge in [0.1, 0.15) is 0 Å². The third-order valence-electron chi connectivity index (χ3n) is 2.94. The summed E-state index contributed by atoms with van der Waals surface area (Å²) in [4.78, 5) is 13.8. The van der Waals surface area contributed by atoms with E-state index in [1.165, 1.54) is 0 Å². The zero-order valence-electron chi connectivity index (χ0n) is 11.8. The number of hydrogen-bond acceptors (Lipinski definition) is 3. The molecule has 1 amide bonds. The van der Waals surface area contributed by atoms with E-state index in [-0.39, 0.29) is 11.9 Å². The van der Waals surface area contributed by atoms with Crippen molar-refractivity contribution in [1.82, 2.24) is 10.2 Å². The molecule has 102 valence electrons. The van der Waals surface area contributed by atoms with Crippen molar-refractivity contribution in [2.24, 2.45) is 11.7 Å². The van der Waals surface area contributed by atoms with Gasteiger partial charge in [0.15, 0.2) is 0 Å². The van der Waals surface area contributed by atoms with Gasteiger partial charge in [0.05, 0.1) is 0 Å². The van der Waals surface area contributed by atoms with Gasteiger partial charge in [-0.2, -0.15) is 0 Å². The molecule has 4 heteroatoms. The van der Waals surface area contributed by atoms with Gasteiger partial charge in [0, 0.05) is 12.5 Å². The molecule has 0 aliphatic rings. The zero-order chi connectivity index (χ0) is 13.3.